The van der Waals surface area contributed by atoms with Crippen LogP contribution in [0.25, 0.3) is 0 Å². The fourth-order valence-corrected chi connectivity index (χ4v) is 20.1. The first-order valence-electron chi connectivity index (χ1n) is 29.9. The van der Waals surface area contributed by atoms with Crippen molar-refractivity contribution in [1.29, 1.82) is 0 Å². The molecule has 0 saturated heterocycles. The second-order valence-electron chi connectivity index (χ2n) is 29.9. The van der Waals surface area contributed by atoms with E-state index < -0.39 is 0 Å². The molecule has 16 aliphatic rings. The van der Waals surface area contributed by atoms with Crippen LogP contribution in [0.1, 0.15) is 263 Å². The van der Waals surface area contributed by atoms with Crippen molar-refractivity contribution < 1.29 is 0 Å². The predicted molar refractivity (Wildman–Crippen MR) is 272 cm³/mol. The van der Waals surface area contributed by atoms with Gasteiger partial charge in [-0.3, -0.25) is 0 Å². The van der Waals surface area contributed by atoms with Gasteiger partial charge in [-0.15, -0.1) is 0 Å². The quantitative estimate of drug-likeness (QED) is 0.250. The molecule has 0 aromatic rings. The van der Waals surface area contributed by atoms with Crippen LogP contribution in [0.5, 0.6) is 0 Å². The minimum absolute atomic E-state index is 0.750. The minimum atomic E-state index is 0.750. The van der Waals surface area contributed by atoms with Gasteiger partial charge in [0.15, 0.2) is 0 Å². The van der Waals surface area contributed by atoms with Crippen LogP contribution in [0, 0.1) is 133 Å². The zero-order valence-corrected chi connectivity index (χ0v) is 44.9. The molecule has 0 amide bonds. The van der Waals surface area contributed by atoms with Gasteiger partial charge in [-0.05, 0) is 249 Å². The van der Waals surface area contributed by atoms with Crippen molar-refractivity contribution >= 4 is 0 Å². The van der Waals surface area contributed by atoms with E-state index in [2.05, 4.69) is 90.0 Å². The van der Waals surface area contributed by atoms with Gasteiger partial charge in [0.25, 0.3) is 0 Å². The van der Waals surface area contributed by atoms with Crippen LogP contribution in [-0.2, 0) is 0 Å². The zero-order chi connectivity index (χ0) is 44.9. The summed E-state index contributed by atoms with van der Waals surface area (Å²) in [7, 11) is 0. The van der Waals surface area contributed by atoms with Crippen LogP contribution in [0.4, 0.5) is 0 Å². The fourth-order valence-electron chi connectivity index (χ4n) is 20.1. The summed E-state index contributed by atoms with van der Waals surface area (Å²) in [6.07, 6.45) is 41.4. The first-order valence-corrected chi connectivity index (χ1v) is 29.9. The van der Waals surface area contributed by atoms with Crippen LogP contribution in [0.2, 0.25) is 0 Å². The molecule has 16 fully saturated rings. The summed E-state index contributed by atoms with van der Waals surface area (Å²) in [4.78, 5) is 0. The highest BCUT2D eigenvalue weighted by atomic mass is 15.1. The lowest BCUT2D eigenvalue weighted by Gasteiger charge is -3.09. The SMILES string of the molecule is CC(C)C1(C)CC1.CC(C)C12C3C4C5C3C1C5C42.CC(C)C12CC(C1)C2.CC(C)C1CC2(CCCCC2)C1.CC(C)C1CCC12CCCCC2.CC(C)C1CCC2(CCCCC2)C1. The molecular formula is C63H110. The summed E-state index contributed by atoms with van der Waals surface area (Å²) < 4.78 is 0. The van der Waals surface area contributed by atoms with E-state index in [0.717, 1.165) is 91.7 Å². The van der Waals surface area contributed by atoms with Gasteiger partial charge in [0.1, 0.15) is 0 Å². The summed E-state index contributed by atoms with van der Waals surface area (Å²) in [5.74, 6) is 19.1. The lowest BCUT2D eigenvalue weighted by molar-refractivity contribution is -0.624. The molecule has 2 atom stereocenters. The van der Waals surface area contributed by atoms with Crippen LogP contribution in [0.3, 0.4) is 0 Å². The molecule has 63 heavy (non-hydrogen) atoms. The second-order valence-corrected chi connectivity index (χ2v) is 29.9. The molecule has 0 aromatic heterocycles. The lowest BCUT2D eigenvalue weighted by Crippen LogP contribution is -3.06. The standard InChI is InChI=1S/C13H24.2C12H22.C11H14.C8H14.C7H14/c1-11(2)12-6-9-13(10-12)7-4-3-5-8-13;1-10(2)11-6-9-12(11)7-4-3-5-8-12;1-10(2)11-8-12(9-11)6-4-3-5-7-12;1-3(2)11-8-5-4-6(8)10(11)7(4)9(5)11;1-6(2)8-3-7(4-8)5-8;1-6(2)7(3)4-5-7/h11-12H,3-10H2,1-2H3;2*10-11H,3-9H2,1-2H3;3-10H,1-2H3;6-7H,3-5H2,1-2H3;6H,4-5H2,1-3H3. The maximum Gasteiger partial charge on any atom is -0.0172 e. The van der Waals surface area contributed by atoms with E-state index in [9.17, 15) is 0 Å². The van der Waals surface area contributed by atoms with Crippen molar-refractivity contribution in [2.45, 2.75) is 263 Å². The molecular weight excluding hydrogens is 757 g/mol. The highest BCUT2D eigenvalue weighted by molar-refractivity contribution is 5.50. The van der Waals surface area contributed by atoms with E-state index in [1.54, 1.807) is 89.9 Å². The highest BCUT2D eigenvalue weighted by Crippen LogP contribution is 3.07. The summed E-state index contributed by atoms with van der Waals surface area (Å²) >= 11 is 0. The molecule has 3 spiro atoms. The van der Waals surface area contributed by atoms with E-state index in [1.165, 1.54) is 125 Å². The van der Waals surface area contributed by atoms with Crippen molar-refractivity contribution in [3.8, 4) is 0 Å². The van der Waals surface area contributed by atoms with E-state index >= 15 is 0 Å². The molecule has 2 unspecified atom stereocenters. The van der Waals surface area contributed by atoms with Gasteiger partial charge in [-0.2, -0.15) is 0 Å². The normalized spacial score (nSPS) is 43.7. The Morgan fingerprint density at radius 3 is 1.11 bits per heavy atom. The highest BCUT2D eigenvalue weighted by Gasteiger charge is 3.04. The van der Waals surface area contributed by atoms with Gasteiger partial charge in [0, 0.05) is 0 Å². The monoisotopic (exact) mass is 867 g/mol. The Kier molecular flexibility index (Phi) is 13.5. The van der Waals surface area contributed by atoms with Gasteiger partial charge in [-0.1, -0.05) is 148 Å². The van der Waals surface area contributed by atoms with Crippen molar-refractivity contribution in [3.63, 3.8) is 0 Å². The van der Waals surface area contributed by atoms with Crippen molar-refractivity contribution in [2.75, 3.05) is 0 Å². The molecule has 0 aromatic carbocycles. The molecule has 16 saturated carbocycles. The Bertz CT molecular complexity index is 1430. The van der Waals surface area contributed by atoms with Crippen LogP contribution >= 0.6 is 0 Å². The Hall–Kier alpha value is 0. The maximum atomic E-state index is 2.47. The van der Waals surface area contributed by atoms with Gasteiger partial charge >= 0.3 is 0 Å². The molecule has 16 aliphatic carbocycles. The molecule has 0 aliphatic heterocycles. The predicted octanol–water partition coefficient (Wildman–Crippen LogP) is 19.3. The third kappa shape index (κ3) is 8.00. The average Bonchev–Trinajstić information content (AvgIpc) is 3.84. The van der Waals surface area contributed by atoms with E-state index in [0.29, 0.717) is 0 Å². The van der Waals surface area contributed by atoms with Crippen molar-refractivity contribution in [3.05, 3.63) is 0 Å². The van der Waals surface area contributed by atoms with Gasteiger partial charge in [0.05, 0.1) is 0 Å². The van der Waals surface area contributed by atoms with Crippen LogP contribution in [-0.4, -0.2) is 0 Å². The fraction of sp³-hybridized carbons (Fsp3) is 1.00. The van der Waals surface area contributed by atoms with E-state index in [4.69, 9.17) is 0 Å². The Morgan fingerprint density at radius 2 is 0.825 bits per heavy atom. The molecule has 0 heterocycles. The van der Waals surface area contributed by atoms with Crippen molar-refractivity contribution in [2.24, 2.45) is 133 Å². The van der Waals surface area contributed by atoms with Gasteiger partial charge in [-0.25, -0.2) is 0 Å². The largest absolute Gasteiger partial charge is 0.0625 e. The van der Waals surface area contributed by atoms with Crippen LogP contribution < -0.4 is 0 Å². The van der Waals surface area contributed by atoms with Crippen molar-refractivity contribution in [1.82, 2.24) is 0 Å². The van der Waals surface area contributed by atoms with E-state index in [1.807, 2.05) is 0 Å². The molecule has 16 rings (SSSR count). The van der Waals surface area contributed by atoms with Gasteiger partial charge in [0.2, 0.25) is 0 Å². The zero-order valence-electron chi connectivity index (χ0n) is 44.9. The van der Waals surface area contributed by atoms with E-state index in [-0.39, 0.29) is 0 Å². The first kappa shape index (κ1) is 48.0. The first-order chi connectivity index (χ1) is 29.9. The summed E-state index contributed by atoms with van der Waals surface area (Å²) in [5.41, 5.74) is 5.10. The molecule has 0 nitrogen and oxygen atoms in total. The Labute approximate surface area is 394 Å². The Morgan fingerprint density at radius 1 is 0.365 bits per heavy atom. The third-order valence-electron chi connectivity index (χ3n) is 25.5. The lowest BCUT2D eigenvalue weighted by atomic mass is 8.95. The summed E-state index contributed by atoms with van der Waals surface area (Å²) in [6.45, 7) is 31.1. The maximum absolute atomic E-state index is 2.47. The Balaban J connectivity index is 0.0000000971. The summed E-state index contributed by atoms with van der Waals surface area (Å²) in [6, 6.07) is 0. The van der Waals surface area contributed by atoms with Crippen LogP contribution in [0.15, 0.2) is 0 Å². The summed E-state index contributed by atoms with van der Waals surface area (Å²) in [5, 5.41) is 0. The topological polar surface area (TPSA) is 0 Å². The third-order valence-corrected chi connectivity index (χ3v) is 25.5. The molecule has 0 heteroatoms. The number of hydrogen-bond donors (Lipinski definition) is 0. The average molecular weight is 868 g/mol. The molecule has 362 valence electrons. The van der Waals surface area contributed by atoms with Gasteiger partial charge < -0.3 is 0 Å². The minimum Gasteiger partial charge on any atom is -0.0625 e. The smallest absolute Gasteiger partial charge is 0.0172 e. The number of hydrogen-bond acceptors (Lipinski definition) is 0. The molecule has 0 radical (unpaired) electrons. The number of rotatable bonds is 6. The molecule has 0 N–H and O–H groups in total. The molecule has 2 bridgehead atoms. The second kappa shape index (κ2) is 17.8.